The largest absolute Gasteiger partial charge is 0.317 e. The fourth-order valence-electron chi connectivity index (χ4n) is 2.16. The van der Waals surface area contributed by atoms with Crippen LogP contribution in [0.1, 0.15) is 35.9 Å². The fourth-order valence-corrected chi connectivity index (χ4v) is 3.13. The first-order valence-electron chi connectivity index (χ1n) is 6.08. The molecule has 2 rings (SSSR count). The fraction of sp³-hybridized carbons (Fsp3) is 0.692. The van der Waals surface area contributed by atoms with Gasteiger partial charge >= 0.3 is 0 Å². The van der Waals surface area contributed by atoms with Crippen LogP contribution in [0.3, 0.4) is 0 Å². The van der Waals surface area contributed by atoms with Gasteiger partial charge in [-0.25, -0.2) is 0 Å². The minimum Gasteiger partial charge on any atom is -0.317 e. The Labute approximate surface area is 96.9 Å². The van der Waals surface area contributed by atoms with Gasteiger partial charge in [0.2, 0.25) is 0 Å². The van der Waals surface area contributed by atoms with E-state index in [9.17, 15) is 0 Å². The van der Waals surface area contributed by atoms with Gasteiger partial charge in [-0.1, -0.05) is 6.92 Å². The van der Waals surface area contributed by atoms with E-state index in [1.807, 2.05) is 11.3 Å². The molecular weight excluding hydrogens is 202 g/mol. The Morgan fingerprint density at radius 2 is 2.13 bits per heavy atom. The third-order valence-electron chi connectivity index (χ3n) is 3.33. The van der Waals surface area contributed by atoms with Crippen molar-refractivity contribution in [2.45, 2.75) is 45.1 Å². The van der Waals surface area contributed by atoms with E-state index in [4.69, 9.17) is 0 Å². The summed E-state index contributed by atoms with van der Waals surface area (Å²) in [6, 6.07) is 5.35. The molecule has 15 heavy (non-hydrogen) atoms. The highest BCUT2D eigenvalue weighted by Crippen LogP contribution is 2.34. The smallest absolute Gasteiger partial charge is 0.00957 e. The minimum absolute atomic E-state index is 0.761. The predicted molar refractivity (Wildman–Crippen MR) is 67.6 cm³/mol. The normalized spacial score (nSPS) is 18.0. The molecule has 1 unspecified atom stereocenters. The molecule has 2 heteroatoms. The summed E-state index contributed by atoms with van der Waals surface area (Å²) >= 11 is 1.99. The monoisotopic (exact) mass is 223 g/mol. The van der Waals surface area contributed by atoms with Crippen molar-refractivity contribution < 1.29 is 0 Å². The van der Waals surface area contributed by atoms with Gasteiger partial charge in [0.05, 0.1) is 0 Å². The summed E-state index contributed by atoms with van der Waals surface area (Å²) in [6.45, 7) is 2.23. The van der Waals surface area contributed by atoms with Gasteiger partial charge < -0.3 is 5.32 Å². The lowest BCUT2D eigenvalue weighted by molar-refractivity contribution is 0.472. The Balaban J connectivity index is 1.80. The van der Waals surface area contributed by atoms with E-state index in [1.165, 1.54) is 37.0 Å². The molecule has 0 amide bonds. The van der Waals surface area contributed by atoms with Crippen LogP contribution in [0.5, 0.6) is 0 Å². The van der Waals surface area contributed by atoms with Crippen molar-refractivity contribution in [2.24, 2.45) is 5.92 Å². The Hall–Kier alpha value is -0.340. The summed E-state index contributed by atoms with van der Waals surface area (Å²) in [7, 11) is 2.11. The molecule has 0 bridgehead atoms. The molecular formula is C13H21NS. The van der Waals surface area contributed by atoms with Gasteiger partial charge in [-0.15, -0.1) is 11.3 Å². The van der Waals surface area contributed by atoms with Gasteiger partial charge in [-0.3, -0.25) is 0 Å². The average molecular weight is 223 g/mol. The third-order valence-corrected chi connectivity index (χ3v) is 4.62. The summed E-state index contributed by atoms with van der Waals surface area (Å²) in [5.74, 6) is 0.973. The number of aryl methyl sites for hydroxylation is 2. The molecule has 1 fully saturated rings. The van der Waals surface area contributed by atoms with Gasteiger partial charge in [-0.05, 0) is 57.2 Å². The second kappa shape index (κ2) is 5.13. The maximum Gasteiger partial charge on any atom is 0.00957 e. The molecule has 1 atom stereocenters. The molecule has 0 spiro atoms. The Bertz CT molecular complexity index is 301. The van der Waals surface area contributed by atoms with Crippen molar-refractivity contribution in [3.05, 3.63) is 21.9 Å². The standard InChI is InChI=1S/C13H21NS/c1-3-11-6-7-12(15-11)8-9-13(14-2)10-4-5-10/h6-7,10,13-14H,3-5,8-9H2,1-2H3. The lowest BCUT2D eigenvalue weighted by Crippen LogP contribution is -2.27. The van der Waals surface area contributed by atoms with Crippen LogP contribution < -0.4 is 5.32 Å². The Morgan fingerprint density at radius 1 is 1.40 bits per heavy atom. The van der Waals surface area contributed by atoms with Crippen LogP contribution in [-0.4, -0.2) is 13.1 Å². The van der Waals surface area contributed by atoms with Crippen LogP contribution in [-0.2, 0) is 12.8 Å². The molecule has 1 heterocycles. The molecule has 0 saturated heterocycles. The zero-order chi connectivity index (χ0) is 10.7. The van der Waals surface area contributed by atoms with Crippen molar-refractivity contribution >= 4 is 11.3 Å². The molecule has 0 aliphatic heterocycles. The zero-order valence-electron chi connectivity index (χ0n) is 9.75. The van der Waals surface area contributed by atoms with Crippen molar-refractivity contribution in [3.8, 4) is 0 Å². The summed E-state index contributed by atoms with van der Waals surface area (Å²) in [5, 5.41) is 3.46. The van der Waals surface area contributed by atoms with Crippen molar-refractivity contribution in [1.29, 1.82) is 0 Å². The van der Waals surface area contributed by atoms with E-state index < -0.39 is 0 Å². The summed E-state index contributed by atoms with van der Waals surface area (Å²) in [6.07, 6.45) is 6.63. The van der Waals surface area contributed by atoms with Crippen LogP contribution in [0.15, 0.2) is 12.1 Å². The van der Waals surface area contributed by atoms with Gasteiger partial charge in [0.15, 0.2) is 0 Å². The maximum absolute atomic E-state index is 3.46. The van der Waals surface area contributed by atoms with E-state index in [0.29, 0.717) is 0 Å². The van der Waals surface area contributed by atoms with Crippen molar-refractivity contribution in [2.75, 3.05) is 7.05 Å². The highest BCUT2D eigenvalue weighted by atomic mass is 32.1. The molecule has 1 aliphatic carbocycles. The number of rotatable bonds is 6. The molecule has 1 saturated carbocycles. The van der Waals surface area contributed by atoms with Gasteiger partial charge in [-0.2, -0.15) is 0 Å². The Kier molecular flexibility index (Phi) is 3.81. The topological polar surface area (TPSA) is 12.0 Å². The van der Waals surface area contributed by atoms with E-state index >= 15 is 0 Å². The second-order valence-corrected chi connectivity index (χ2v) is 5.75. The minimum atomic E-state index is 0.761. The lowest BCUT2D eigenvalue weighted by Gasteiger charge is -2.14. The second-order valence-electron chi connectivity index (χ2n) is 4.49. The van der Waals surface area contributed by atoms with Gasteiger partial charge in [0, 0.05) is 15.8 Å². The van der Waals surface area contributed by atoms with Crippen molar-refractivity contribution in [3.63, 3.8) is 0 Å². The van der Waals surface area contributed by atoms with Gasteiger partial charge in [0.1, 0.15) is 0 Å². The molecule has 1 N–H and O–H groups in total. The molecule has 1 aliphatic rings. The van der Waals surface area contributed by atoms with E-state index in [1.54, 1.807) is 4.88 Å². The summed E-state index contributed by atoms with van der Waals surface area (Å²) < 4.78 is 0. The first kappa shape index (κ1) is 11.2. The third kappa shape index (κ3) is 3.05. The Morgan fingerprint density at radius 3 is 2.67 bits per heavy atom. The van der Waals surface area contributed by atoms with Gasteiger partial charge in [0.25, 0.3) is 0 Å². The number of hydrogen-bond acceptors (Lipinski definition) is 2. The van der Waals surface area contributed by atoms with Crippen LogP contribution in [0.25, 0.3) is 0 Å². The van der Waals surface area contributed by atoms with E-state index in [0.717, 1.165) is 12.0 Å². The van der Waals surface area contributed by atoms with Crippen LogP contribution in [0, 0.1) is 5.92 Å². The molecule has 1 nitrogen and oxygen atoms in total. The first-order valence-corrected chi connectivity index (χ1v) is 6.90. The van der Waals surface area contributed by atoms with E-state index in [2.05, 4.69) is 31.4 Å². The van der Waals surface area contributed by atoms with Crippen molar-refractivity contribution in [1.82, 2.24) is 5.32 Å². The molecule has 1 aromatic heterocycles. The summed E-state index contributed by atoms with van der Waals surface area (Å²) in [4.78, 5) is 3.09. The first-order chi connectivity index (χ1) is 7.33. The molecule has 0 aromatic carbocycles. The lowest BCUT2D eigenvalue weighted by atomic mass is 10.1. The van der Waals surface area contributed by atoms with Crippen LogP contribution in [0.4, 0.5) is 0 Å². The zero-order valence-corrected chi connectivity index (χ0v) is 10.6. The number of hydrogen-bond donors (Lipinski definition) is 1. The summed E-state index contributed by atoms with van der Waals surface area (Å²) in [5.41, 5.74) is 0. The van der Waals surface area contributed by atoms with E-state index in [-0.39, 0.29) is 0 Å². The number of nitrogens with one attached hydrogen (secondary N) is 1. The average Bonchev–Trinajstić information content (AvgIpc) is 2.98. The van der Waals surface area contributed by atoms with Crippen LogP contribution in [0.2, 0.25) is 0 Å². The maximum atomic E-state index is 3.46. The number of thiophene rings is 1. The quantitative estimate of drug-likeness (QED) is 0.780. The predicted octanol–water partition coefficient (Wildman–Crippen LogP) is 3.24. The molecule has 0 radical (unpaired) electrons. The molecule has 84 valence electrons. The SMILES string of the molecule is CCc1ccc(CCC(NC)C2CC2)s1. The highest BCUT2D eigenvalue weighted by Gasteiger charge is 2.29. The van der Waals surface area contributed by atoms with Crippen LogP contribution >= 0.6 is 11.3 Å². The molecule has 1 aromatic rings. The highest BCUT2D eigenvalue weighted by molar-refractivity contribution is 7.11.